The van der Waals surface area contributed by atoms with Crippen LogP contribution in [0, 0.1) is 5.41 Å². The molecule has 0 heterocycles. The molecule has 0 radical (unpaired) electrons. The maximum Gasteiger partial charge on any atom is 0.0466 e. The average Bonchev–Trinajstić information content (AvgIpc) is 2.25. The molecule has 0 spiro atoms. The molecule has 0 saturated carbocycles. The van der Waals surface area contributed by atoms with E-state index >= 15 is 0 Å². The van der Waals surface area contributed by atoms with E-state index in [0.717, 1.165) is 26.3 Å². The van der Waals surface area contributed by atoms with Crippen LogP contribution in [0.5, 0.6) is 0 Å². The first-order chi connectivity index (χ1) is 7.68. The van der Waals surface area contributed by atoms with Crippen molar-refractivity contribution in [1.29, 1.82) is 0 Å². The quantitative estimate of drug-likeness (QED) is 0.546. The maximum absolute atomic E-state index is 5.41. The van der Waals surface area contributed by atoms with Crippen LogP contribution in [-0.4, -0.2) is 26.3 Å². The second kappa shape index (κ2) is 10.1. The zero-order valence-electron chi connectivity index (χ0n) is 11.8. The molecule has 1 atom stereocenters. The number of hydrogen-bond acceptors (Lipinski definition) is 2. The molecule has 0 aliphatic carbocycles. The first-order valence-electron chi connectivity index (χ1n) is 6.97. The van der Waals surface area contributed by atoms with Gasteiger partial charge in [-0.2, -0.15) is 0 Å². The van der Waals surface area contributed by atoms with Crippen molar-refractivity contribution < 1.29 is 4.74 Å². The van der Waals surface area contributed by atoms with Crippen LogP contribution in [0.3, 0.4) is 0 Å². The fraction of sp³-hybridized carbons (Fsp3) is 1.00. The molecule has 0 rings (SSSR count). The molecule has 1 unspecified atom stereocenters. The Morgan fingerprint density at radius 3 is 2.38 bits per heavy atom. The Kier molecular flexibility index (Phi) is 10.0. The first kappa shape index (κ1) is 15.9. The van der Waals surface area contributed by atoms with E-state index in [1.54, 1.807) is 0 Å². The second-order valence-electron chi connectivity index (χ2n) is 5.04. The molecular formula is C14H31NO. The topological polar surface area (TPSA) is 21.3 Å². The molecule has 0 fully saturated rings. The van der Waals surface area contributed by atoms with Gasteiger partial charge < -0.3 is 10.1 Å². The van der Waals surface area contributed by atoms with E-state index in [9.17, 15) is 0 Å². The van der Waals surface area contributed by atoms with Crippen molar-refractivity contribution in [3.8, 4) is 0 Å². The highest BCUT2D eigenvalue weighted by Crippen LogP contribution is 2.28. The van der Waals surface area contributed by atoms with Gasteiger partial charge in [-0.3, -0.25) is 0 Å². The summed E-state index contributed by atoms with van der Waals surface area (Å²) in [7, 11) is 0. The summed E-state index contributed by atoms with van der Waals surface area (Å²) in [5.74, 6) is 0. The molecule has 16 heavy (non-hydrogen) atoms. The molecule has 0 aromatic rings. The predicted molar refractivity (Wildman–Crippen MR) is 71.9 cm³/mol. The molecule has 0 bridgehead atoms. The fourth-order valence-electron chi connectivity index (χ4n) is 2.22. The molecule has 2 heteroatoms. The van der Waals surface area contributed by atoms with Crippen LogP contribution in [0.1, 0.15) is 59.8 Å². The smallest absolute Gasteiger partial charge is 0.0466 e. The van der Waals surface area contributed by atoms with E-state index in [2.05, 4.69) is 33.0 Å². The maximum atomic E-state index is 5.41. The summed E-state index contributed by atoms with van der Waals surface area (Å²) in [6, 6.07) is 0. The number of ether oxygens (including phenoxy) is 1. The van der Waals surface area contributed by atoms with Crippen molar-refractivity contribution in [2.45, 2.75) is 59.8 Å². The van der Waals surface area contributed by atoms with Gasteiger partial charge in [0.1, 0.15) is 0 Å². The molecule has 0 aromatic carbocycles. The van der Waals surface area contributed by atoms with Gasteiger partial charge in [0, 0.05) is 19.8 Å². The van der Waals surface area contributed by atoms with Crippen LogP contribution in [0.2, 0.25) is 0 Å². The normalized spacial score (nSPS) is 15.0. The van der Waals surface area contributed by atoms with Gasteiger partial charge in [-0.05, 0) is 44.6 Å². The van der Waals surface area contributed by atoms with Crippen molar-refractivity contribution in [1.82, 2.24) is 5.32 Å². The highest BCUT2D eigenvalue weighted by Gasteiger charge is 2.21. The number of rotatable bonds is 11. The molecule has 0 saturated heterocycles. The van der Waals surface area contributed by atoms with Gasteiger partial charge in [0.2, 0.25) is 0 Å². The number of hydrogen-bond donors (Lipinski definition) is 1. The SMILES string of the molecule is CCCNCC(C)(CCC)CCCOCC. The standard InChI is InChI=1S/C14H31NO/c1-5-9-14(4,13-15-11-6-2)10-8-12-16-7-3/h15H,5-13H2,1-4H3. The lowest BCUT2D eigenvalue weighted by Crippen LogP contribution is -2.32. The Labute approximate surface area is 102 Å². The minimum Gasteiger partial charge on any atom is -0.382 e. The van der Waals surface area contributed by atoms with E-state index < -0.39 is 0 Å². The molecule has 0 aromatic heterocycles. The Hall–Kier alpha value is -0.0800. The molecular weight excluding hydrogens is 198 g/mol. The van der Waals surface area contributed by atoms with E-state index in [-0.39, 0.29) is 0 Å². The zero-order valence-corrected chi connectivity index (χ0v) is 11.8. The summed E-state index contributed by atoms with van der Waals surface area (Å²) in [5, 5.41) is 3.56. The van der Waals surface area contributed by atoms with Gasteiger partial charge in [-0.15, -0.1) is 0 Å². The van der Waals surface area contributed by atoms with Crippen molar-refractivity contribution in [2.24, 2.45) is 5.41 Å². The average molecular weight is 229 g/mol. The summed E-state index contributed by atoms with van der Waals surface area (Å²) in [6.45, 7) is 13.0. The van der Waals surface area contributed by atoms with E-state index in [1.165, 1.54) is 32.1 Å². The van der Waals surface area contributed by atoms with E-state index in [1.807, 2.05) is 0 Å². The third-order valence-electron chi connectivity index (χ3n) is 3.11. The van der Waals surface area contributed by atoms with Crippen molar-refractivity contribution in [2.75, 3.05) is 26.3 Å². The lowest BCUT2D eigenvalue weighted by Gasteiger charge is -2.30. The second-order valence-corrected chi connectivity index (χ2v) is 5.04. The van der Waals surface area contributed by atoms with Gasteiger partial charge in [-0.1, -0.05) is 27.2 Å². The summed E-state index contributed by atoms with van der Waals surface area (Å²) in [5.41, 5.74) is 0.459. The third-order valence-corrected chi connectivity index (χ3v) is 3.11. The van der Waals surface area contributed by atoms with Crippen LogP contribution in [0.25, 0.3) is 0 Å². The minimum absolute atomic E-state index is 0.459. The minimum atomic E-state index is 0.459. The molecule has 2 nitrogen and oxygen atoms in total. The molecule has 98 valence electrons. The van der Waals surface area contributed by atoms with Crippen LogP contribution in [0.15, 0.2) is 0 Å². The third kappa shape index (κ3) is 8.12. The predicted octanol–water partition coefficient (Wildman–Crippen LogP) is 3.61. The van der Waals surface area contributed by atoms with E-state index in [4.69, 9.17) is 4.74 Å². The summed E-state index contributed by atoms with van der Waals surface area (Å²) in [4.78, 5) is 0. The lowest BCUT2D eigenvalue weighted by atomic mass is 9.81. The van der Waals surface area contributed by atoms with Gasteiger partial charge in [0.05, 0.1) is 0 Å². The van der Waals surface area contributed by atoms with Crippen molar-refractivity contribution in [3.05, 3.63) is 0 Å². The van der Waals surface area contributed by atoms with Gasteiger partial charge in [-0.25, -0.2) is 0 Å². The summed E-state index contributed by atoms with van der Waals surface area (Å²) in [6.07, 6.45) is 6.28. The van der Waals surface area contributed by atoms with Crippen molar-refractivity contribution in [3.63, 3.8) is 0 Å². The molecule has 0 amide bonds. The monoisotopic (exact) mass is 229 g/mol. The van der Waals surface area contributed by atoms with Gasteiger partial charge in [0.25, 0.3) is 0 Å². The summed E-state index contributed by atoms with van der Waals surface area (Å²) >= 11 is 0. The largest absolute Gasteiger partial charge is 0.382 e. The Balaban J connectivity index is 3.81. The molecule has 1 N–H and O–H groups in total. The highest BCUT2D eigenvalue weighted by atomic mass is 16.5. The lowest BCUT2D eigenvalue weighted by molar-refractivity contribution is 0.127. The van der Waals surface area contributed by atoms with Gasteiger partial charge >= 0.3 is 0 Å². The fourth-order valence-corrected chi connectivity index (χ4v) is 2.22. The molecule has 0 aliphatic heterocycles. The van der Waals surface area contributed by atoms with Crippen LogP contribution < -0.4 is 5.32 Å². The van der Waals surface area contributed by atoms with Gasteiger partial charge in [0.15, 0.2) is 0 Å². The Morgan fingerprint density at radius 2 is 1.81 bits per heavy atom. The Morgan fingerprint density at radius 1 is 1.06 bits per heavy atom. The highest BCUT2D eigenvalue weighted by molar-refractivity contribution is 4.76. The Bertz CT molecular complexity index is 150. The molecule has 0 aliphatic rings. The van der Waals surface area contributed by atoms with Crippen LogP contribution in [0.4, 0.5) is 0 Å². The van der Waals surface area contributed by atoms with Crippen LogP contribution >= 0.6 is 0 Å². The van der Waals surface area contributed by atoms with E-state index in [0.29, 0.717) is 5.41 Å². The van der Waals surface area contributed by atoms with Crippen LogP contribution in [-0.2, 0) is 4.74 Å². The zero-order chi connectivity index (χ0) is 12.3. The first-order valence-corrected chi connectivity index (χ1v) is 6.97. The number of nitrogens with one attached hydrogen (secondary N) is 1. The van der Waals surface area contributed by atoms with Crippen molar-refractivity contribution >= 4 is 0 Å². The summed E-state index contributed by atoms with van der Waals surface area (Å²) < 4.78 is 5.41.